The van der Waals surface area contributed by atoms with Crippen LogP contribution in [-0.4, -0.2) is 19.1 Å². The Labute approximate surface area is 151 Å². The highest BCUT2D eigenvalue weighted by molar-refractivity contribution is 6.30. The minimum Gasteiger partial charge on any atom is -0.460 e. The van der Waals surface area contributed by atoms with Crippen LogP contribution in [0.15, 0.2) is 46.9 Å². The van der Waals surface area contributed by atoms with E-state index < -0.39 is 5.97 Å². The standard InChI is InChI=1S/C20H20ClNO3/c1-3-24-20(23)19-13(2)17-12-16(8-9-18(17)25-19)22-11-10-14-4-6-15(21)7-5-14/h4-9,12,22H,3,10-11H2,1-2H3. The van der Waals surface area contributed by atoms with Crippen molar-refractivity contribution in [2.45, 2.75) is 20.3 Å². The number of hydrogen-bond acceptors (Lipinski definition) is 4. The number of nitrogens with one attached hydrogen (secondary N) is 1. The van der Waals surface area contributed by atoms with Gasteiger partial charge in [-0.05, 0) is 56.2 Å². The highest BCUT2D eigenvalue weighted by atomic mass is 35.5. The maximum Gasteiger partial charge on any atom is 0.374 e. The Morgan fingerprint density at radius 2 is 1.96 bits per heavy atom. The normalized spacial score (nSPS) is 10.8. The van der Waals surface area contributed by atoms with Gasteiger partial charge in [-0.1, -0.05) is 23.7 Å². The zero-order valence-corrected chi connectivity index (χ0v) is 15.0. The summed E-state index contributed by atoms with van der Waals surface area (Å²) in [6.07, 6.45) is 0.896. The molecule has 0 radical (unpaired) electrons. The summed E-state index contributed by atoms with van der Waals surface area (Å²) >= 11 is 5.90. The monoisotopic (exact) mass is 357 g/mol. The van der Waals surface area contributed by atoms with E-state index >= 15 is 0 Å². The molecule has 130 valence electrons. The molecule has 3 rings (SSSR count). The van der Waals surface area contributed by atoms with Gasteiger partial charge in [0.1, 0.15) is 5.58 Å². The van der Waals surface area contributed by atoms with Crippen LogP contribution in [0.5, 0.6) is 0 Å². The van der Waals surface area contributed by atoms with Gasteiger partial charge in [-0.2, -0.15) is 0 Å². The Morgan fingerprint density at radius 1 is 1.20 bits per heavy atom. The number of ether oxygens (including phenoxy) is 1. The molecule has 0 aliphatic carbocycles. The van der Waals surface area contributed by atoms with E-state index in [1.165, 1.54) is 5.56 Å². The molecule has 2 aromatic carbocycles. The summed E-state index contributed by atoms with van der Waals surface area (Å²) < 4.78 is 10.7. The van der Waals surface area contributed by atoms with E-state index in [4.69, 9.17) is 20.8 Å². The van der Waals surface area contributed by atoms with E-state index in [1.807, 2.05) is 49.4 Å². The molecular formula is C20H20ClNO3. The van der Waals surface area contributed by atoms with Gasteiger partial charge in [-0.15, -0.1) is 0 Å². The molecule has 0 amide bonds. The maximum absolute atomic E-state index is 11.9. The Morgan fingerprint density at radius 3 is 2.68 bits per heavy atom. The quantitative estimate of drug-likeness (QED) is 0.614. The van der Waals surface area contributed by atoms with E-state index in [0.717, 1.165) is 34.6 Å². The van der Waals surface area contributed by atoms with E-state index in [2.05, 4.69) is 5.32 Å². The number of benzene rings is 2. The van der Waals surface area contributed by atoms with Crippen LogP contribution in [0.4, 0.5) is 5.69 Å². The van der Waals surface area contributed by atoms with Crippen LogP contribution in [0.25, 0.3) is 11.0 Å². The number of carbonyl (C=O) groups excluding carboxylic acids is 1. The van der Waals surface area contributed by atoms with E-state index in [9.17, 15) is 4.79 Å². The smallest absolute Gasteiger partial charge is 0.374 e. The van der Waals surface area contributed by atoms with Gasteiger partial charge in [0.05, 0.1) is 6.61 Å². The van der Waals surface area contributed by atoms with Crippen molar-refractivity contribution in [2.75, 3.05) is 18.5 Å². The van der Waals surface area contributed by atoms with Gasteiger partial charge in [0, 0.05) is 28.2 Å². The predicted molar refractivity (Wildman–Crippen MR) is 101 cm³/mol. The largest absolute Gasteiger partial charge is 0.460 e. The van der Waals surface area contributed by atoms with Crippen molar-refractivity contribution in [2.24, 2.45) is 0 Å². The average molecular weight is 358 g/mol. The van der Waals surface area contributed by atoms with Crippen molar-refractivity contribution in [1.82, 2.24) is 0 Å². The van der Waals surface area contributed by atoms with Crippen molar-refractivity contribution in [3.63, 3.8) is 0 Å². The minimum absolute atomic E-state index is 0.273. The third kappa shape index (κ3) is 3.97. The molecule has 25 heavy (non-hydrogen) atoms. The third-order valence-electron chi connectivity index (χ3n) is 4.05. The second-order valence-electron chi connectivity index (χ2n) is 5.79. The number of halogens is 1. The van der Waals surface area contributed by atoms with Crippen LogP contribution in [-0.2, 0) is 11.2 Å². The van der Waals surface area contributed by atoms with Gasteiger partial charge in [-0.25, -0.2) is 4.79 Å². The second kappa shape index (κ2) is 7.62. The molecule has 0 aliphatic rings. The van der Waals surface area contributed by atoms with Gasteiger partial charge in [0.2, 0.25) is 5.76 Å². The highest BCUT2D eigenvalue weighted by Crippen LogP contribution is 2.28. The van der Waals surface area contributed by atoms with Crippen molar-refractivity contribution in [3.8, 4) is 0 Å². The van der Waals surface area contributed by atoms with Gasteiger partial charge < -0.3 is 14.5 Å². The summed E-state index contributed by atoms with van der Waals surface area (Å²) in [4.78, 5) is 11.9. The summed E-state index contributed by atoms with van der Waals surface area (Å²) in [5.74, 6) is -0.149. The minimum atomic E-state index is -0.423. The molecule has 0 saturated carbocycles. The average Bonchev–Trinajstić information content (AvgIpc) is 2.94. The second-order valence-corrected chi connectivity index (χ2v) is 6.23. The predicted octanol–water partition coefficient (Wildman–Crippen LogP) is 5.23. The van der Waals surface area contributed by atoms with E-state index in [-0.39, 0.29) is 5.76 Å². The molecule has 1 heterocycles. The van der Waals surface area contributed by atoms with Crippen molar-refractivity contribution in [3.05, 3.63) is 64.4 Å². The summed E-state index contributed by atoms with van der Waals surface area (Å²) in [7, 11) is 0. The number of hydrogen-bond donors (Lipinski definition) is 1. The lowest BCUT2D eigenvalue weighted by atomic mass is 10.1. The third-order valence-corrected chi connectivity index (χ3v) is 4.31. The molecular weight excluding hydrogens is 338 g/mol. The summed E-state index contributed by atoms with van der Waals surface area (Å²) in [6.45, 7) is 4.77. The molecule has 0 saturated heterocycles. The van der Waals surface area contributed by atoms with Crippen LogP contribution in [0.2, 0.25) is 5.02 Å². The van der Waals surface area contributed by atoms with Gasteiger partial charge in [0.25, 0.3) is 0 Å². The van der Waals surface area contributed by atoms with Crippen molar-refractivity contribution < 1.29 is 13.9 Å². The number of furan rings is 1. The van der Waals surface area contributed by atoms with E-state index in [1.54, 1.807) is 6.92 Å². The van der Waals surface area contributed by atoms with Crippen molar-refractivity contribution in [1.29, 1.82) is 0 Å². The zero-order chi connectivity index (χ0) is 17.8. The molecule has 1 N–H and O–H groups in total. The lowest BCUT2D eigenvalue weighted by Gasteiger charge is -2.07. The molecule has 4 nitrogen and oxygen atoms in total. The van der Waals surface area contributed by atoms with Gasteiger partial charge >= 0.3 is 5.97 Å². The topological polar surface area (TPSA) is 51.5 Å². The van der Waals surface area contributed by atoms with Crippen LogP contribution in [0, 0.1) is 6.92 Å². The van der Waals surface area contributed by atoms with Crippen LogP contribution >= 0.6 is 11.6 Å². The summed E-state index contributed by atoms with van der Waals surface area (Å²) in [6, 6.07) is 13.7. The van der Waals surface area contributed by atoms with Gasteiger partial charge in [0.15, 0.2) is 0 Å². The first kappa shape index (κ1) is 17.4. The molecule has 0 fully saturated rings. The SMILES string of the molecule is CCOC(=O)c1oc2ccc(NCCc3ccc(Cl)cc3)cc2c1C. The first-order valence-corrected chi connectivity index (χ1v) is 8.65. The van der Waals surface area contributed by atoms with E-state index in [0.29, 0.717) is 12.2 Å². The molecule has 0 aliphatic heterocycles. The lowest BCUT2D eigenvalue weighted by molar-refractivity contribution is 0.0491. The Bertz CT molecular complexity index is 884. The maximum atomic E-state index is 11.9. The Hall–Kier alpha value is -2.46. The fraction of sp³-hybridized carbons (Fsp3) is 0.250. The van der Waals surface area contributed by atoms with Crippen LogP contribution in [0.3, 0.4) is 0 Å². The molecule has 3 aromatic rings. The highest BCUT2D eigenvalue weighted by Gasteiger charge is 2.18. The molecule has 0 atom stereocenters. The van der Waals surface area contributed by atoms with Gasteiger partial charge in [-0.3, -0.25) is 0 Å². The Balaban J connectivity index is 1.71. The summed E-state index contributed by atoms with van der Waals surface area (Å²) in [5.41, 5.74) is 3.70. The molecule has 5 heteroatoms. The number of carbonyl (C=O) groups is 1. The van der Waals surface area contributed by atoms with Crippen LogP contribution in [0.1, 0.15) is 28.6 Å². The zero-order valence-electron chi connectivity index (χ0n) is 14.3. The number of fused-ring (bicyclic) bond motifs is 1. The molecule has 0 unspecified atom stereocenters. The fourth-order valence-corrected chi connectivity index (χ4v) is 2.85. The summed E-state index contributed by atoms with van der Waals surface area (Å²) in [5, 5.41) is 5.06. The number of esters is 1. The Kier molecular flexibility index (Phi) is 5.29. The molecule has 1 aromatic heterocycles. The number of aryl methyl sites for hydroxylation is 1. The molecule has 0 spiro atoms. The fourth-order valence-electron chi connectivity index (χ4n) is 2.72. The van der Waals surface area contributed by atoms with Crippen LogP contribution < -0.4 is 5.32 Å². The van der Waals surface area contributed by atoms with Crippen molar-refractivity contribution >= 4 is 34.2 Å². The first-order chi connectivity index (χ1) is 12.1. The molecule has 0 bridgehead atoms. The lowest BCUT2D eigenvalue weighted by Crippen LogP contribution is -2.05. The first-order valence-electron chi connectivity index (χ1n) is 8.27. The number of rotatable bonds is 6. The number of anilines is 1.